The van der Waals surface area contributed by atoms with Crippen molar-refractivity contribution in [2.75, 3.05) is 0 Å². The third-order valence-corrected chi connectivity index (χ3v) is 2.71. The van der Waals surface area contributed by atoms with Crippen LogP contribution in [0.4, 0.5) is 0 Å². The minimum absolute atomic E-state index is 0.0342. The van der Waals surface area contributed by atoms with Crippen LogP contribution in [0.3, 0.4) is 0 Å². The summed E-state index contributed by atoms with van der Waals surface area (Å²) in [5, 5.41) is 8.05. The standard InChI is InChI=1S/C9H3ClINO2/c10-9(14)8-6(3-12)5(4-13)1-2-7(8)11/h1-2,4H. The fourth-order valence-corrected chi connectivity index (χ4v) is 2.05. The Kier molecular flexibility index (Phi) is 3.61. The maximum absolute atomic E-state index is 11.0. The van der Waals surface area contributed by atoms with Crippen LogP contribution in [0.5, 0.6) is 0 Å². The van der Waals surface area contributed by atoms with E-state index in [0.717, 1.165) is 0 Å². The lowest BCUT2D eigenvalue weighted by Gasteiger charge is -2.03. The first-order valence-corrected chi connectivity index (χ1v) is 4.95. The van der Waals surface area contributed by atoms with E-state index in [-0.39, 0.29) is 16.7 Å². The zero-order valence-electron chi connectivity index (χ0n) is 6.75. The molecule has 0 amide bonds. The van der Waals surface area contributed by atoms with Crippen molar-refractivity contribution in [3.05, 3.63) is 32.4 Å². The maximum Gasteiger partial charge on any atom is 0.254 e. The first kappa shape index (κ1) is 11.1. The molecule has 0 fully saturated rings. The molecule has 1 rings (SSSR count). The molecular formula is C9H3ClINO2. The average molecular weight is 319 g/mol. The smallest absolute Gasteiger partial charge is 0.254 e. The van der Waals surface area contributed by atoms with E-state index in [0.29, 0.717) is 9.86 Å². The molecule has 0 saturated heterocycles. The van der Waals surface area contributed by atoms with Crippen molar-refractivity contribution in [1.29, 1.82) is 5.26 Å². The molecule has 5 heteroatoms. The lowest BCUT2D eigenvalue weighted by atomic mass is 10.0. The van der Waals surface area contributed by atoms with Gasteiger partial charge in [0.1, 0.15) is 6.07 Å². The fourth-order valence-electron chi connectivity index (χ4n) is 1.00. The number of nitriles is 1. The van der Waals surface area contributed by atoms with Gasteiger partial charge in [-0.05, 0) is 46.3 Å². The molecule has 0 aliphatic heterocycles. The molecule has 1 aromatic carbocycles. The minimum atomic E-state index is -0.727. The normalized spacial score (nSPS) is 9.21. The summed E-state index contributed by atoms with van der Waals surface area (Å²) in [6.07, 6.45) is 0.526. The van der Waals surface area contributed by atoms with Crippen LogP contribution in [-0.4, -0.2) is 11.5 Å². The van der Waals surface area contributed by atoms with Crippen LogP contribution in [0, 0.1) is 14.9 Å². The van der Waals surface area contributed by atoms with Gasteiger partial charge in [-0.15, -0.1) is 0 Å². The monoisotopic (exact) mass is 319 g/mol. The lowest BCUT2D eigenvalue weighted by molar-refractivity contribution is 0.108. The highest BCUT2D eigenvalue weighted by molar-refractivity contribution is 14.1. The molecule has 0 atom stereocenters. The predicted octanol–water partition coefficient (Wildman–Crippen LogP) is 2.35. The van der Waals surface area contributed by atoms with Crippen LogP contribution in [0.2, 0.25) is 0 Å². The molecule has 0 N–H and O–H groups in total. The summed E-state index contributed by atoms with van der Waals surface area (Å²) in [6, 6.07) is 4.85. The Labute approximate surface area is 98.8 Å². The molecule has 0 aliphatic rings. The van der Waals surface area contributed by atoms with E-state index < -0.39 is 5.24 Å². The molecule has 0 heterocycles. The molecule has 0 aromatic heterocycles. The highest BCUT2D eigenvalue weighted by Crippen LogP contribution is 2.21. The van der Waals surface area contributed by atoms with Crippen molar-refractivity contribution < 1.29 is 9.59 Å². The molecule has 0 saturated carbocycles. The fraction of sp³-hybridized carbons (Fsp3) is 0. The largest absolute Gasteiger partial charge is 0.298 e. The summed E-state index contributed by atoms with van der Waals surface area (Å²) in [5.41, 5.74) is 0.309. The maximum atomic E-state index is 11.0. The van der Waals surface area contributed by atoms with Gasteiger partial charge in [-0.1, -0.05) is 0 Å². The van der Waals surface area contributed by atoms with Crippen LogP contribution < -0.4 is 0 Å². The van der Waals surface area contributed by atoms with Gasteiger partial charge in [0.05, 0.1) is 11.1 Å². The second kappa shape index (κ2) is 4.53. The van der Waals surface area contributed by atoms with Crippen LogP contribution in [0.15, 0.2) is 12.1 Å². The molecule has 0 spiro atoms. The summed E-state index contributed by atoms with van der Waals surface area (Å²) in [6.45, 7) is 0. The van der Waals surface area contributed by atoms with Crippen molar-refractivity contribution in [3.63, 3.8) is 0 Å². The first-order chi connectivity index (χ1) is 6.61. The SMILES string of the molecule is N#Cc1c(C=O)ccc(I)c1C(=O)Cl. The number of hydrogen-bond donors (Lipinski definition) is 0. The van der Waals surface area contributed by atoms with E-state index >= 15 is 0 Å². The first-order valence-electron chi connectivity index (χ1n) is 3.49. The van der Waals surface area contributed by atoms with Gasteiger partial charge in [-0.2, -0.15) is 5.26 Å². The van der Waals surface area contributed by atoms with Crippen LogP contribution >= 0.6 is 34.2 Å². The molecule has 0 radical (unpaired) electrons. The Morgan fingerprint density at radius 2 is 2.21 bits per heavy atom. The van der Waals surface area contributed by atoms with E-state index in [1.807, 2.05) is 22.6 Å². The number of benzene rings is 1. The van der Waals surface area contributed by atoms with Gasteiger partial charge < -0.3 is 0 Å². The molecule has 14 heavy (non-hydrogen) atoms. The summed E-state index contributed by atoms with van der Waals surface area (Å²) >= 11 is 7.20. The summed E-state index contributed by atoms with van der Waals surface area (Å²) in [4.78, 5) is 21.6. The number of carbonyl (C=O) groups excluding carboxylic acids is 2. The van der Waals surface area contributed by atoms with Gasteiger partial charge in [0.15, 0.2) is 6.29 Å². The van der Waals surface area contributed by atoms with Gasteiger partial charge in [0.25, 0.3) is 5.24 Å². The number of rotatable bonds is 2. The molecule has 0 bridgehead atoms. The molecule has 70 valence electrons. The predicted molar refractivity (Wildman–Crippen MR) is 59.4 cm³/mol. The van der Waals surface area contributed by atoms with E-state index in [9.17, 15) is 9.59 Å². The van der Waals surface area contributed by atoms with E-state index in [1.54, 1.807) is 12.1 Å². The van der Waals surface area contributed by atoms with Crippen molar-refractivity contribution >= 4 is 45.7 Å². The molecular weight excluding hydrogens is 316 g/mol. The van der Waals surface area contributed by atoms with Crippen LogP contribution in [0.1, 0.15) is 26.3 Å². The van der Waals surface area contributed by atoms with Crippen LogP contribution in [0.25, 0.3) is 0 Å². The van der Waals surface area contributed by atoms with Gasteiger partial charge in [0, 0.05) is 9.13 Å². The third-order valence-electron chi connectivity index (χ3n) is 1.62. The van der Waals surface area contributed by atoms with E-state index in [2.05, 4.69) is 0 Å². The topological polar surface area (TPSA) is 57.9 Å². The van der Waals surface area contributed by atoms with Crippen molar-refractivity contribution in [3.8, 4) is 6.07 Å². The minimum Gasteiger partial charge on any atom is -0.298 e. The van der Waals surface area contributed by atoms with Gasteiger partial charge in [0.2, 0.25) is 0 Å². The Balaban J connectivity index is 3.61. The number of carbonyl (C=O) groups is 2. The highest BCUT2D eigenvalue weighted by Gasteiger charge is 2.16. The number of nitrogens with zero attached hydrogens (tertiary/aromatic N) is 1. The van der Waals surface area contributed by atoms with Crippen molar-refractivity contribution in [1.82, 2.24) is 0 Å². The number of halogens is 2. The molecule has 1 aromatic rings. The Morgan fingerprint density at radius 1 is 1.57 bits per heavy atom. The van der Waals surface area contributed by atoms with E-state index in [4.69, 9.17) is 16.9 Å². The summed E-state index contributed by atoms with van der Waals surface area (Å²) in [5.74, 6) is 0. The van der Waals surface area contributed by atoms with Crippen molar-refractivity contribution in [2.24, 2.45) is 0 Å². The third kappa shape index (κ3) is 1.94. The Morgan fingerprint density at radius 3 is 2.64 bits per heavy atom. The average Bonchev–Trinajstić information content (AvgIpc) is 2.16. The second-order valence-corrected chi connectivity index (χ2v) is 3.90. The number of aldehydes is 1. The second-order valence-electron chi connectivity index (χ2n) is 2.39. The van der Waals surface area contributed by atoms with Gasteiger partial charge >= 0.3 is 0 Å². The van der Waals surface area contributed by atoms with Gasteiger partial charge in [-0.25, -0.2) is 0 Å². The summed E-state index contributed by atoms with van der Waals surface area (Å²) < 4.78 is 0.560. The lowest BCUT2D eigenvalue weighted by Crippen LogP contribution is -2.02. The molecule has 0 unspecified atom stereocenters. The molecule has 3 nitrogen and oxygen atoms in total. The quantitative estimate of drug-likeness (QED) is 0.478. The zero-order valence-corrected chi connectivity index (χ0v) is 9.67. The zero-order chi connectivity index (χ0) is 10.7. The van der Waals surface area contributed by atoms with E-state index in [1.165, 1.54) is 6.07 Å². The van der Waals surface area contributed by atoms with Crippen LogP contribution in [-0.2, 0) is 0 Å². The Bertz CT molecular complexity index is 451. The highest BCUT2D eigenvalue weighted by atomic mass is 127. The van der Waals surface area contributed by atoms with Gasteiger partial charge in [-0.3, -0.25) is 9.59 Å². The molecule has 0 aliphatic carbocycles. The number of hydrogen-bond acceptors (Lipinski definition) is 3. The van der Waals surface area contributed by atoms with Crippen molar-refractivity contribution in [2.45, 2.75) is 0 Å². The summed E-state index contributed by atoms with van der Waals surface area (Å²) in [7, 11) is 0. The Hall–Kier alpha value is -0.930.